The van der Waals surface area contributed by atoms with Crippen LogP contribution in [0.1, 0.15) is 105 Å². The normalized spacial score (nSPS) is 14.5. The quantitative estimate of drug-likeness (QED) is 0.0689. The van der Waals surface area contributed by atoms with Gasteiger partial charge in [-0.3, -0.25) is 9.59 Å². The Hall–Kier alpha value is -3.10. The van der Waals surface area contributed by atoms with E-state index in [1.165, 1.54) is 35.7 Å². The number of carbonyl (C=O) groups excluding carboxylic acids is 3. The summed E-state index contributed by atoms with van der Waals surface area (Å²) in [6, 6.07) is 17.8. The van der Waals surface area contributed by atoms with Crippen molar-refractivity contribution in [3.05, 3.63) is 79.6 Å². The molecular formula is C43H50O8S5. The maximum atomic E-state index is 14.3. The summed E-state index contributed by atoms with van der Waals surface area (Å²) in [5, 5.41) is 0. The summed E-state index contributed by atoms with van der Waals surface area (Å²) in [5.41, 5.74) is 2.15. The molecule has 2 atom stereocenters. The Balaban J connectivity index is 1.78. The standard InChI is InChI=1S/C43H50O8S5/c1-7-13-21-27(9-3)39(44)50-32-34-35(53-42(52-34)31(11-5)29-23-17-15-18-24-29)33(51-40(45)28(10-4)22-14-8-2)37-36(32)54-43(55-37)38(41(46)49-12-6)56(47,48)30-25-19-16-20-26-30/h15-20,23-28H,7-14,21-22H2,1-6H3. The van der Waals surface area contributed by atoms with Crippen LogP contribution in [0.25, 0.3) is 5.57 Å². The molecule has 300 valence electrons. The van der Waals surface area contributed by atoms with Gasteiger partial charge in [-0.1, -0.05) is 156 Å². The molecule has 0 fully saturated rings. The van der Waals surface area contributed by atoms with Crippen molar-refractivity contribution in [3.63, 3.8) is 0 Å². The van der Waals surface area contributed by atoms with Gasteiger partial charge in [0, 0.05) is 0 Å². The Morgan fingerprint density at radius 1 is 0.625 bits per heavy atom. The molecule has 8 nitrogen and oxygen atoms in total. The van der Waals surface area contributed by atoms with E-state index in [4.69, 9.17) is 14.2 Å². The van der Waals surface area contributed by atoms with Crippen molar-refractivity contribution in [1.82, 2.24) is 0 Å². The number of esters is 3. The fourth-order valence-electron chi connectivity index (χ4n) is 6.37. The summed E-state index contributed by atoms with van der Waals surface area (Å²) < 4.78 is 47.9. The van der Waals surface area contributed by atoms with E-state index in [9.17, 15) is 22.8 Å². The van der Waals surface area contributed by atoms with Gasteiger partial charge in [-0.25, -0.2) is 13.2 Å². The van der Waals surface area contributed by atoms with Crippen LogP contribution >= 0.6 is 47.0 Å². The van der Waals surface area contributed by atoms with Crippen molar-refractivity contribution in [2.24, 2.45) is 11.8 Å². The summed E-state index contributed by atoms with van der Waals surface area (Å²) in [4.78, 5) is 43.3. The molecule has 2 unspecified atom stereocenters. The molecule has 0 N–H and O–H groups in total. The van der Waals surface area contributed by atoms with E-state index in [1.54, 1.807) is 25.1 Å². The number of fused-ring (bicyclic) bond motifs is 2. The first-order valence-corrected chi connectivity index (χ1v) is 24.2. The Morgan fingerprint density at radius 3 is 1.48 bits per heavy atom. The van der Waals surface area contributed by atoms with E-state index in [0.29, 0.717) is 45.3 Å². The van der Waals surface area contributed by atoms with Gasteiger partial charge in [0.05, 0.1) is 51.4 Å². The average molecular weight is 855 g/mol. The molecule has 0 saturated heterocycles. The highest BCUT2D eigenvalue weighted by molar-refractivity contribution is 8.26. The Bertz CT molecular complexity index is 2000. The van der Waals surface area contributed by atoms with Crippen LogP contribution in [-0.4, -0.2) is 32.9 Å². The monoisotopic (exact) mass is 854 g/mol. The first-order chi connectivity index (χ1) is 27.0. The molecule has 0 aliphatic carbocycles. The van der Waals surface area contributed by atoms with Crippen LogP contribution < -0.4 is 9.47 Å². The molecule has 2 aliphatic rings. The lowest BCUT2D eigenvalue weighted by Gasteiger charge is -2.20. The minimum atomic E-state index is -4.39. The first kappa shape index (κ1) is 44.0. The predicted octanol–water partition coefficient (Wildman–Crippen LogP) is 12.3. The highest BCUT2D eigenvalue weighted by Crippen LogP contribution is 2.69. The molecule has 5 rings (SSSR count). The maximum absolute atomic E-state index is 14.3. The number of hydrogen-bond donors (Lipinski definition) is 0. The minimum absolute atomic E-state index is 0.0435. The van der Waals surface area contributed by atoms with E-state index in [-0.39, 0.29) is 51.0 Å². The van der Waals surface area contributed by atoms with E-state index in [1.807, 2.05) is 32.0 Å². The largest absolute Gasteiger partial charge is 0.462 e. The number of allylic oxidation sites excluding steroid dienone is 1. The number of hydrogen-bond acceptors (Lipinski definition) is 12. The second kappa shape index (κ2) is 20.5. The van der Waals surface area contributed by atoms with E-state index in [2.05, 4.69) is 32.9 Å². The van der Waals surface area contributed by atoms with Gasteiger partial charge in [0.2, 0.25) is 9.84 Å². The third-order valence-corrected chi connectivity index (χ3v) is 16.9. The zero-order chi connectivity index (χ0) is 40.4. The van der Waals surface area contributed by atoms with Crippen LogP contribution in [0, 0.1) is 11.8 Å². The molecule has 0 radical (unpaired) electrons. The molecule has 13 heteroatoms. The maximum Gasteiger partial charge on any atom is 0.351 e. The number of benzene rings is 3. The summed E-state index contributed by atoms with van der Waals surface area (Å²) in [7, 11) is -4.39. The van der Waals surface area contributed by atoms with Crippen LogP contribution in [0.15, 0.2) is 98.5 Å². The molecule has 0 bridgehead atoms. The number of thioether (sulfide) groups is 4. The SMILES string of the molecule is CCCCC(CC)C(=O)Oc1c2c(c(OC(=O)C(CC)CCCC)c3c1SC(=C(C(=O)OCC)S(=O)(=O)c1ccccc1)S3)SC(=C(CC)c1ccccc1)S2. The van der Waals surface area contributed by atoms with Crippen LogP contribution in [0.3, 0.4) is 0 Å². The van der Waals surface area contributed by atoms with Gasteiger partial charge in [-0.2, -0.15) is 0 Å². The van der Waals surface area contributed by atoms with Crippen molar-refractivity contribution < 1.29 is 37.0 Å². The van der Waals surface area contributed by atoms with E-state index >= 15 is 0 Å². The summed E-state index contributed by atoms with van der Waals surface area (Å²) in [6.07, 6.45) is 6.81. The second-order valence-electron chi connectivity index (χ2n) is 13.4. The lowest BCUT2D eigenvalue weighted by Crippen LogP contribution is -2.22. The van der Waals surface area contributed by atoms with E-state index < -0.39 is 20.7 Å². The van der Waals surface area contributed by atoms with Crippen LogP contribution in [-0.2, 0) is 29.0 Å². The lowest BCUT2D eigenvalue weighted by molar-refractivity contribution is -0.141. The molecule has 3 aromatic carbocycles. The van der Waals surface area contributed by atoms with Gasteiger partial charge < -0.3 is 14.2 Å². The second-order valence-corrected chi connectivity index (χ2v) is 19.8. The Labute approximate surface area is 348 Å². The molecule has 0 saturated carbocycles. The number of ether oxygens (including phenoxy) is 3. The minimum Gasteiger partial charge on any atom is -0.462 e. The van der Waals surface area contributed by atoms with Crippen LogP contribution in [0.5, 0.6) is 11.5 Å². The molecule has 3 aromatic rings. The number of rotatable bonds is 18. The Morgan fingerprint density at radius 2 is 1.07 bits per heavy atom. The van der Waals surface area contributed by atoms with Crippen LogP contribution in [0.4, 0.5) is 0 Å². The van der Waals surface area contributed by atoms with Crippen molar-refractivity contribution >= 4 is 80.4 Å². The van der Waals surface area contributed by atoms with Crippen molar-refractivity contribution in [2.45, 2.75) is 124 Å². The first-order valence-electron chi connectivity index (χ1n) is 19.4. The smallest absolute Gasteiger partial charge is 0.351 e. The van der Waals surface area contributed by atoms with Gasteiger partial charge >= 0.3 is 17.9 Å². The highest BCUT2D eigenvalue weighted by atomic mass is 32.2. The number of unbranched alkanes of at least 4 members (excludes halogenated alkanes) is 2. The van der Waals surface area contributed by atoms with Gasteiger partial charge in [-0.05, 0) is 62.3 Å². The summed E-state index contributed by atoms with van der Waals surface area (Å²) in [6.45, 7) is 11.7. The molecule has 0 aromatic heterocycles. The fourth-order valence-corrected chi connectivity index (χ4v) is 14.0. The van der Waals surface area contributed by atoms with Gasteiger partial charge in [0.15, 0.2) is 16.4 Å². The summed E-state index contributed by atoms with van der Waals surface area (Å²) >= 11 is 4.97. The molecule has 0 spiro atoms. The van der Waals surface area contributed by atoms with Crippen molar-refractivity contribution in [1.29, 1.82) is 0 Å². The zero-order valence-corrected chi connectivity index (χ0v) is 36.9. The average Bonchev–Trinajstić information content (AvgIpc) is 3.83. The molecule has 2 aliphatic heterocycles. The van der Waals surface area contributed by atoms with Crippen molar-refractivity contribution in [3.8, 4) is 11.5 Å². The number of sulfone groups is 1. The molecule has 2 heterocycles. The third-order valence-electron chi connectivity index (χ3n) is 9.58. The fraction of sp³-hybridized carbons (Fsp3) is 0.419. The topological polar surface area (TPSA) is 113 Å². The van der Waals surface area contributed by atoms with Gasteiger partial charge in [-0.15, -0.1) is 0 Å². The zero-order valence-electron chi connectivity index (χ0n) is 32.8. The third kappa shape index (κ3) is 9.77. The number of carbonyl (C=O) groups is 3. The predicted molar refractivity (Wildman–Crippen MR) is 229 cm³/mol. The van der Waals surface area contributed by atoms with Gasteiger partial charge in [0.25, 0.3) is 0 Å². The highest BCUT2D eigenvalue weighted by Gasteiger charge is 2.43. The molecule has 0 amide bonds. The Kier molecular flexibility index (Phi) is 16.1. The molecule has 56 heavy (non-hydrogen) atoms. The van der Waals surface area contributed by atoms with E-state index in [0.717, 1.165) is 71.0 Å². The molecular weight excluding hydrogens is 805 g/mol. The lowest BCUT2D eigenvalue weighted by atomic mass is 10.00. The van der Waals surface area contributed by atoms with Gasteiger partial charge in [0.1, 0.15) is 0 Å². The van der Waals surface area contributed by atoms with Crippen molar-refractivity contribution in [2.75, 3.05) is 6.61 Å². The van der Waals surface area contributed by atoms with Crippen LogP contribution in [0.2, 0.25) is 0 Å². The summed E-state index contributed by atoms with van der Waals surface area (Å²) in [5.74, 6) is -1.91.